The monoisotopic (exact) mass is 360 g/mol. The van der Waals surface area contributed by atoms with Crippen LogP contribution in [0.4, 0.5) is 11.4 Å². The maximum atomic E-state index is 12.6. The molecule has 0 spiro atoms. The Kier molecular flexibility index (Phi) is 5.13. The number of carbonyl (C=O) groups is 3. The van der Waals surface area contributed by atoms with Gasteiger partial charge in [0.15, 0.2) is 0 Å². The third kappa shape index (κ3) is 3.24. The first kappa shape index (κ1) is 18.2. The van der Waals surface area contributed by atoms with E-state index in [0.29, 0.717) is 43.1 Å². The molecule has 0 unspecified atom stereocenters. The average Bonchev–Trinajstić information content (AvgIpc) is 3.13. The highest BCUT2D eigenvalue weighted by Gasteiger charge is 2.47. The quantitative estimate of drug-likeness (QED) is 0.798. The molecule has 26 heavy (non-hydrogen) atoms. The Balaban J connectivity index is 1.82. The van der Waals surface area contributed by atoms with Crippen LogP contribution in [0.5, 0.6) is 5.75 Å². The molecule has 1 aromatic rings. The fourth-order valence-electron chi connectivity index (χ4n) is 3.54. The SMILES string of the molecule is COc1cc(NC(=O)C2(C([NH])=O)CCCC2)ccc1N1CCOCC1=O. The number of carbonyl (C=O) groups excluding carboxylic acids is 3. The number of amides is 3. The summed E-state index contributed by atoms with van der Waals surface area (Å²) in [7, 11) is 1.49. The topological polar surface area (TPSA) is 109 Å². The van der Waals surface area contributed by atoms with E-state index in [1.165, 1.54) is 7.11 Å². The lowest BCUT2D eigenvalue weighted by Crippen LogP contribution is -2.42. The van der Waals surface area contributed by atoms with Crippen molar-refractivity contribution >= 4 is 29.1 Å². The maximum Gasteiger partial charge on any atom is 0.254 e. The third-order valence-corrected chi connectivity index (χ3v) is 5.04. The smallest absolute Gasteiger partial charge is 0.254 e. The minimum absolute atomic E-state index is 0.0236. The second kappa shape index (κ2) is 7.33. The van der Waals surface area contributed by atoms with E-state index in [-0.39, 0.29) is 12.5 Å². The van der Waals surface area contributed by atoms with Gasteiger partial charge in [0.1, 0.15) is 17.8 Å². The van der Waals surface area contributed by atoms with E-state index in [1.54, 1.807) is 23.1 Å². The highest BCUT2D eigenvalue weighted by Crippen LogP contribution is 2.40. The van der Waals surface area contributed by atoms with Crippen LogP contribution in [-0.2, 0) is 19.1 Å². The van der Waals surface area contributed by atoms with Crippen molar-refractivity contribution in [3.8, 4) is 5.75 Å². The summed E-state index contributed by atoms with van der Waals surface area (Å²) in [6, 6.07) is 4.98. The summed E-state index contributed by atoms with van der Waals surface area (Å²) >= 11 is 0. The number of anilines is 2. The molecule has 1 heterocycles. The van der Waals surface area contributed by atoms with Crippen LogP contribution in [0.2, 0.25) is 0 Å². The highest BCUT2D eigenvalue weighted by atomic mass is 16.5. The molecule has 3 amide bonds. The van der Waals surface area contributed by atoms with Gasteiger partial charge in [0.25, 0.3) is 11.8 Å². The van der Waals surface area contributed by atoms with E-state index in [1.807, 2.05) is 0 Å². The Labute approximate surface area is 151 Å². The van der Waals surface area contributed by atoms with Crippen LogP contribution in [-0.4, -0.2) is 44.6 Å². The fraction of sp³-hybridized carbons (Fsp3) is 0.500. The minimum atomic E-state index is -1.26. The van der Waals surface area contributed by atoms with E-state index in [4.69, 9.17) is 15.2 Å². The number of nitrogens with one attached hydrogen (secondary N) is 2. The average molecular weight is 360 g/mol. The van der Waals surface area contributed by atoms with Gasteiger partial charge >= 0.3 is 0 Å². The van der Waals surface area contributed by atoms with Gasteiger partial charge in [0, 0.05) is 18.3 Å². The van der Waals surface area contributed by atoms with Gasteiger partial charge in [0.2, 0.25) is 5.91 Å². The molecule has 1 radical (unpaired) electrons. The Morgan fingerprint density at radius 3 is 2.65 bits per heavy atom. The molecule has 1 aromatic carbocycles. The van der Waals surface area contributed by atoms with Gasteiger partial charge in [-0.2, -0.15) is 0 Å². The van der Waals surface area contributed by atoms with Gasteiger partial charge in [-0.05, 0) is 25.0 Å². The lowest BCUT2D eigenvalue weighted by Gasteiger charge is -2.28. The molecule has 0 aromatic heterocycles. The first-order chi connectivity index (χ1) is 12.5. The Hall–Kier alpha value is -2.61. The van der Waals surface area contributed by atoms with Crippen molar-refractivity contribution < 1.29 is 23.9 Å². The summed E-state index contributed by atoms with van der Waals surface area (Å²) in [6.07, 6.45) is 2.33. The summed E-state index contributed by atoms with van der Waals surface area (Å²) in [5.74, 6) is -1.01. The van der Waals surface area contributed by atoms with Gasteiger partial charge in [-0.3, -0.25) is 20.1 Å². The molecule has 0 atom stereocenters. The number of hydrogen-bond acceptors (Lipinski definition) is 5. The number of ether oxygens (including phenoxy) is 2. The number of morpholine rings is 1. The lowest BCUT2D eigenvalue weighted by atomic mass is 9.84. The highest BCUT2D eigenvalue weighted by molar-refractivity contribution is 6.10. The fourth-order valence-corrected chi connectivity index (χ4v) is 3.54. The van der Waals surface area contributed by atoms with Crippen LogP contribution in [0.3, 0.4) is 0 Å². The molecule has 0 bridgehead atoms. The summed E-state index contributed by atoms with van der Waals surface area (Å²) < 4.78 is 10.5. The van der Waals surface area contributed by atoms with E-state index in [9.17, 15) is 14.4 Å². The van der Waals surface area contributed by atoms with Crippen LogP contribution < -0.4 is 20.7 Å². The predicted octanol–water partition coefficient (Wildman–Crippen LogP) is 1.37. The van der Waals surface area contributed by atoms with E-state index < -0.39 is 17.2 Å². The molecule has 2 fully saturated rings. The van der Waals surface area contributed by atoms with Crippen molar-refractivity contribution in [1.82, 2.24) is 5.73 Å². The molecule has 8 nitrogen and oxygen atoms in total. The van der Waals surface area contributed by atoms with Crippen LogP contribution in [0, 0.1) is 5.41 Å². The molecule has 1 saturated carbocycles. The molecule has 139 valence electrons. The molecular weight excluding hydrogens is 338 g/mol. The second-order valence-electron chi connectivity index (χ2n) is 6.56. The predicted molar refractivity (Wildman–Crippen MR) is 93.8 cm³/mol. The van der Waals surface area contributed by atoms with Crippen LogP contribution >= 0.6 is 0 Å². The first-order valence-corrected chi connectivity index (χ1v) is 8.61. The molecule has 1 saturated heterocycles. The van der Waals surface area contributed by atoms with Crippen molar-refractivity contribution in [3.05, 3.63) is 18.2 Å². The summed E-state index contributed by atoms with van der Waals surface area (Å²) in [4.78, 5) is 38.0. The van der Waals surface area contributed by atoms with E-state index >= 15 is 0 Å². The Bertz CT molecular complexity index is 728. The standard InChI is InChI=1S/C18H22N3O5/c1-25-14-10-12(4-5-13(14)21-8-9-26-11-15(21)22)20-17(24)18(16(19)23)6-2-3-7-18/h4-5,10,19H,2-3,6-9,11H2,1H3,(H,20,24). The Morgan fingerprint density at radius 2 is 2.04 bits per heavy atom. The summed E-state index contributed by atoms with van der Waals surface area (Å²) in [5, 5.41) is 2.73. The minimum Gasteiger partial charge on any atom is -0.494 e. The van der Waals surface area contributed by atoms with Gasteiger partial charge in [-0.15, -0.1) is 0 Å². The van der Waals surface area contributed by atoms with E-state index in [0.717, 1.165) is 12.8 Å². The summed E-state index contributed by atoms with van der Waals surface area (Å²) in [5.41, 5.74) is 7.31. The third-order valence-electron chi connectivity index (χ3n) is 5.04. The summed E-state index contributed by atoms with van der Waals surface area (Å²) in [6.45, 7) is 0.897. The van der Waals surface area contributed by atoms with Crippen molar-refractivity contribution in [1.29, 1.82) is 0 Å². The normalized spacial score (nSPS) is 19.3. The zero-order chi connectivity index (χ0) is 18.7. The number of rotatable bonds is 5. The number of methoxy groups -OCH3 is 1. The second-order valence-corrected chi connectivity index (χ2v) is 6.56. The van der Waals surface area contributed by atoms with E-state index in [2.05, 4.69) is 5.32 Å². The molecule has 2 aliphatic rings. The van der Waals surface area contributed by atoms with Crippen molar-refractivity contribution in [2.75, 3.05) is 37.1 Å². The molecule has 1 aliphatic heterocycles. The van der Waals surface area contributed by atoms with Crippen molar-refractivity contribution in [2.24, 2.45) is 5.41 Å². The zero-order valence-corrected chi connectivity index (χ0v) is 14.7. The molecule has 3 rings (SSSR count). The Morgan fingerprint density at radius 1 is 1.31 bits per heavy atom. The van der Waals surface area contributed by atoms with Crippen LogP contribution in [0.1, 0.15) is 25.7 Å². The lowest BCUT2D eigenvalue weighted by molar-refractivity contribution is -0.138. The molecular formula is C18H22N3O5. The maximum absolute atomic E-state index is 12.6. The van der Waals surface area contributed by atoms with Gasteiger partial charge < -0.3 is 19.7 Å². The van der Waals surface area contributed by atoms with Crippen LogP contribution in [0.25, 0.3) is 0 Å². The van der Waals surface area contributed by atoms with Gasteiger partial charge in [-0.25, -0.2) is 0 Å². The molecule has 2 N–H and O–H groups in total. The zero-order valence-electron chi connectivity index (χ0n) is 14.7. The van der Waals surface area contributed by atoms with Crippen molar-refractivity contribution in [3.63, 3.8) is 0 Å². The first-order valence-electron chi connectivity index (χ1n) is 8.61. The number of benzene rings is 1. The van der Waals surface area contributed by atoms with Gasteiger partial charge in [0.05, 0.1) is 19.4 Å². The van der Waals surface area contributed by atoms with Gasteiger partial charge in [-0.1, -0.05) is 12.8 Å². The molecule has 8 heteroatoms. The number of hydrogen-bond donors (Lipinski definition) is 1. The number of nitrogens with zero attached hydrogens (tertiary/aromatic N) is 1. The van der Waals surface area contributed by atoms with Crippen molar-refractivity contribution in [2.45, 2.75) is 25.7 Å². The largest absolute Gasteiger partial charge is 0.494 e. The molecule has 1 aliphatic carbocycles. The van der Waals surface area contributed by atoms with Crippen LogP contribution in [0.15, 0.2) is 18.2 Å².